The average molecular weight is 347 g/mol. The van der Waals surface area contributed by atoms with Gasteiger partial charge in [-0.3, -0.25) is 4.79 Å². The molecule has 2 aliphatic rings. The fourth-order valence-electron chi connectivity index (χ4n) is 3.09. The number of hydrogen-bond donors (Lipinski definition) is 0. The maximum atomic E-state index is 12.2. The number of ether oxygens (including phenoxy) is 3. The molecule has 1 saturated heterocycles. The summed E-state index contributed by atoms with van der Waals surface area (Å²) in [6, 6.07) is 5.57. The third-order valence-corrected chi connectivity index (χ3v) is 4.25. The molecule has 136 valence electrons. The number of carbonyl (C=O) groups excluding carboxylic acids is 2. The molecule has 0 aromatic heterocycles. The molecule has 0 radical (unpaired) electrons. The maximum Gasteiger partial charge on any atom is 0.410 e. The van der Waals surface area contributed by atoms with Gasteiger partial charge < -0.3 is 19.1 Å². The second-order valence-corrected chi connectivity index (χ2v) is 7.44. The summed E-state index contributed by atoms with van der Waals surface area (Å²) in [6.45, 7) is 7.29. The predicted molar refractivity (Wildman–Crippen MR) is 92.1 cm³/mol. The highest BCUT2D eigenvalue weighted by atomic mass is 16.6. The van der Waals surface area contributed by atoms with Gasteiger partial charge in [0.15, 0.2) is 5.78 Å². The van der Waals surface area contributed by atoms with Crippen molar-refractivity contribution in [3.63, 3.8) is 0 Å². The molecular weight excluding hydrogens is 322 g/mol. The van der Waals surface area contributed by atoms with Crippen molar-refractivity contribution in [1.82, 2.24) is 4.90 Å². The molecule has 0 N–H and O–H groups in total. The lowest BCUT2D eigenvalue weighted by atomic mass is 10.1. The SMILES string of the molecule is CC(C)(C)OC(=O)N1CCO[C@@H](COc2cccc3c2CCC3=O)C1. The minimum absolute atomic E-state index is 0.172. The number of carbonyl (C=O) groups is 2. The van der Waals surface area contributed by atoms with Crippen LogP contribution in [0.4, 0.5) is 4.79 Å². The van der Waals surface area contributed by atoms with Crippen molar-refractivity contribution in [2.24, 2.45) is 0 Å². The van der Waals surface area contributed by atoms with E-state index in [9.17, 15) is 9.59 Å². The van der Waals surface area contributed by atoms with Gasteiger partial charge in [0, 0.05) is 24.1 Å². The van der Waals surface area contributed by atoms with Crippen molar-refractivity contribution >= 4 is 11.9 Å². The molecule has 0 saturated carbocycles. The molecule has 25 heavy (non-hydrogen) atoms. The number of nitrogens with zero attached hydrogens (tertiary/aromatic N) is 1. The summed E-state index contributed by atoms with van der Waals surface area (Å²) in [7, 11) is 0. The first-order valence-electron chi connectivity index (χ1n) is 8.71. The van der Waals surface area contributed by atoms with Crippen molar-refractivity contribution in [2.45, 2.75) is 45.3 Å². The zero-order valence-electron chi connectivity index (χ0n) is 15.0. The molecule has 1 aliphatic carbocycles. The van der Waals surface area contributed by atoms with Gasteiger partial charge >= 0.3 is 6.09 Å². The third-order valence-electron chi connectivity index (χ3n) is 4.25. The molecule has 0 spiro atoms. The van der Waals surface area contributed by atoms with E-state index in [1.54, 1.807) is 4.90 Å². The molecule has 0 bridgehead atoms. The van der Waals surface area contributed by atoms with Crippen LogP contribution in [0.25, 0.3) is 0 Å². The molecule has 0 unspecified atom stereocenters. The number of rotatable bonds is 3. The third kappa shape index (κ3) is 4.31. The Morgan fingerprint density at radius 2 is 2.12 bits per heavy atom. The number of fused-ring (bicyclic) bond motifs is 1. The Bertz CT molecular complexity index is 664. The van der Waals surface area contributed by atoms with Crippen LogP contribution in [0.3, 0.4) is 0 Å². The second-order valence-electron chi connectivity index (χ2n) is 7.44. The standard InChI is InChI=1S/C19H25NO5/c1-19(2,3)25-18(22)20-9-10-23-13(11-20)12-24-17-6-4-5-14-15(17)7-8-16(14)21/h4-6,13H,7-12H2,1-3H3/t13-/m1/s1. The fraction of sp³-hybridized carbons (Fsp3) is 0.579. The highest BCUT2D eigenvalue weighted by Gasteiger charge is 2.29. The van der Waals surface area contributed by atoms with Crippen molar-refractivity contribution in [3.8, 4) is 5.75 Å². The molecule has 3 rings (SSSR count). The molecule has 1 heterocycles. The summed E-state index contributed by atoms with van der Waals surface area (Å²) in [5.74, 6) is 0.909. The first kappa shape index (κ1) is 17.7. The van der Waals surface area contributed by atoms with Crippen LogP contribution in [0, 0.1) is 0 Å². The zero-order chi connectivity index (χ0) is 18.0. The van der Waals surface area contributed by atoms with Crippen LogP contribution in [0.1, 0.15) is 43.1 Å². The van der Waals surface area contributed by atoms with E-state index in [1.165, 1.54) is 0 Å². The lowest BCUT2D eigenvalue weighted by molar-refractivity contribution is -0.0557. The Kier molecular flexibility index (Phi) is 4.99. The van der Waals surface area contributed by atoms with E-state index < -0.39 is 5.60 Å². The van der Waals surface area contributed by atoms with Crippen LogP contribution in [0.15, 0.2) is 18.2 Å². The van der Waals surface area contributed by atoms with Crippen LogP contribution in [0.5, 0.6) is 5.75 Å². The number of amides is 1. The molecule has 1 aliphatic heterocycles. The maximum absolute atomic E-state index is 12.2. The van der Waals surface area contributed by atoms with Crippen LogP contribution in [-0.2, 0) is 15.9 Å². The predicted octanol–water partition coefficient (Wildman–Crippen LogP) is 2.83. The normalized spacial score (nSPS) is 20.4. The van der Waals surface area contributed by atoms with Gasteiger partial charge in [-0.25, -0.2) is 4.79 Å². The molecule has 6 nitrogen and oxygen atoms in total. The van der Waals surface area contributed by atoms with E-state index in [2.05, 4.69) is 0 Å². The second kappa shape index (κ2) is 7.04. The van der Waals surface area contributed by atoms with Crippen LogP contribution in [-0.4, -0.2) is 54.8 Å². The number of morpholine rings is 1. The number of benzene rings is 1. The van der Waals surface area contributed by atoms with Gasteiger partial charge in [-0.2, -0.15) is 0 Å². The van der Waals surface area contributed by atoms with Gasteiger partial charge in [-0.1, -0.05) is 12.1 Å². The average Bonchev–Trinajstić information content (AvgIpc) is 2.94. The summed E-state index contributed by atoms with van der Waals surface area (Å²) in [5.41, 5.74) is 1.23. The first-order chi connectivity index (χ1) is 11.8. The molecule has 1 atom stereocenters. The Morgan fingerprint density at radius 1 is 1.32 bits per heavy atom. The largest absolute Gasteiger partial charge is 0.491 e. The Balaban J connectivity index is 1.57. The van der Waals surface area contributed by atoms with Gasteiger partial charge in [0.2, 0.25) is 0 Å². The molecule has 1 aromatic carbocycles. The summed E-state index contributed by atoms with van der Waals surface area (Å²) >= 11 is 0. The summed E-state index contributed by atoms with van der Waals surface area (Å²) in [5, 5.41) is 0. The summed E-state index contributed by atoms with van der Waals surface area (Å²) in [6.07, 6.45) is 0.725. The smallest absolute Gasteiger partial charge is 0.410 e. The molecular formula is C19H25NO5. The van der Waals surface area contributed by atoms with E-state index in [1.807, 2.05) is 39.0 Å². The van der Waals surface area contributed by atoms with Crippen molar-refractivity contribution < 1.29 is 23.8 Å². The van der Waals surface area contributed by atoms with Gasteiger partial charge in [-0.15, -0.1) is 0 Å². The number of ketones is 1. The quantitative estimate of drug-likeness (QED) is 0.841. The minimum Gasteiger partial charge on any atom is -0.491 e. The van der Waals surface area contributed by atoms with E-state index in [0.717, 1.165) is 23.3 Å². The van der Waals surface area contributed by atoms with E-state index in [4.69, 9.17) is 14.2 Å². The number of hydrogen-bond acceptors (Lipinski definition) is 5. The van der Waals surface area contributed by atoms with E-state index in [-0.39, 0.29) is 18.0 Å². The lowest BCUT2D eigenvalue weighted by Gasteiger charge is -2.34. The number of Topliss-reactive ketones (excluding diaryl/α,β-unsaturated/α-hetero) is 1. The first-order valence-corrected chi connectivity index (χ1v) is 8.71. The Morgan fingerprint density at radius 3 is 2.88 bits per heavy atom. The van der Waals surface area contributed by atoms with Gasteiger partial charge in [0.25, 0.3) is 0 Å². The molecule has 6 heteroatoms. The van der Waals surface area contributed by atoms with E-state index >= 15 is 0 Å². The lowest BCUT2D eigenvalue weighted by Crippen LogP contribution is -2.49. The highest BCUT2D eigenvalue weighted by Crippen LogP contribution is 2.30. The van der Waals surface area contributed by atoms with E-state index in [0.29, 0.717) is 32.7 Å². The van der Waals surface area contributed by atoms with Gasteiger partial charge in [-0.05, 0) is 33.3 Å². The fourth-order valence-corrected chi connectivity index (χ4v) is 3.09. The van der Waals surface area contributed by atoms with Crippen molar-refractivity contribution in [3.05, 3.63) is 29.3 Å². The Hall–Kier alpha value is -2.08. The van der Waals surface area contributed by atoms with Gasteiger partial charge in [0.05, 0.1) is 13.2 Å². The molecule has 1 amide bonds. The highest BCUT2D eigenvalue weighted by molar-refractivity contribution is 6.01. The van der Waals surface area contributed by atoms with Crippen molar-refractivity contribution in [2.75, 3.05) is 26.3 Å². The van der Waals surface area contributed by atoms with Crippen molar-refractivity contribution in [1.29, 1.82) is 0 Å². The van der Waals surface area contributed by atoms with Crippen LogP contribution >= 0.6 is 0 Å². The van der Waals surface area contributed by atoms with Crippen LogP contribution < -0.4 is 4.74 Å². The van der Waals surface area contributed by atoms with Crippen LogP contribution in [0.2, 0.25) is 0 Å². The van der Waals surface area contributed by atoms with Gasteiger partial charge in [0.1, 0.15) is 24.1 Å². The monoisotopic (exact) mass is 347 g/mol. The molecule has 1 aromatic rings. The Labute approximate surface area is 148 Å². The topological polar surface area (TPSA) is 65.1 Å². The molecule has 1 fully saturated rings. The minimum atomic E-state index is -0.515. The zero-order valence-corrected chi connectivity index (χ0v) is 15.0. The summed E-state index contributed by atoms with van der Waals surface area (Å²) < 4.78 is 17.0. The summed E-state index contributed by atoms with van der Waals surface area (Å²) in [4.78, 5) is 25.7.